The molecule has 232 valence electrons. The van der Waals surface area contributed by atoms with Crippen LogP contribution in [-0.2, 0) is 0 Å². The van der Waals surface area contributed by atoms with Gasteiger partial charge in [0.05, 0.1) is 29.4 Å². The van der Waals surface area contributed by atoms with E-state index in [1.54, 1.807) is 0 Å². The summed E-state index contributed by atoms with van der Waals surface area (Å²) in [6.07, 6.45) is 28.4. The lowest BCUT2D eigenvalue weighted by Gasteiger charge is -2.21. The van der Waals surface area contributed by atoms with Gasteiger partial charge in [0.25, 0.3) is 0 Å². The van der Waals surface area contributed by atoms with Crippen LogP contribution in [0.3, 0.4) is 0 Å². The highest BCUT2D eigenvalue weighted by molar-refractivity contribution is 6.31. The average molecular weight is 610 g/mol. The van der Waals surface area contributed by atoms with E-state index in [9.17, 15) is 0 Å². The fourth-order valence-corrected chi connectivity index (χ4v) is 6.35. The summed E-state index contributed by atoms with van der Waals surface area (Å²) < 4.78 is 6.09. The number of rotatable bonds is 9. The highest BCUT2D eigenvalue weighted by Crippen LogP contribution is 2.32. The first-order valence-electron chi connectivity index (χ1n) is 16.4. The van der Waals surface area contributed by atoms with Gasteiger partial charge in [-0.1, -0.05) is 51.2 Å². The Morgan fingerprint density at radius 1 is 0.761 bits per heavy atom. The highest BCUT2D eigenvalue weighted by atomic mass is 16.5. The van der Waals surface area contributed by atoms with Crippen molar-refractivity contribution in [3.05, 3.63) is 137 Å². The molecule has 6 heterocycles. The molecule has 0 saturated carbocycles. The van der Waals surface area contributed by atoms with Crippen molar-refractivity contribution in [3.63, 3.8) is 0 Å². The summed E-state index contributed by atoms with van der Waals surface area (Å²) in [5, 5.41) is 0. The Hall–Kier alpha value is -5.17. The van der Waals surface area contributed by atoms with E-state index in [1.807, 2.05) is 0 Å². The molecule has 1 aromatic heterocycles. The third-order valence-electron chi connectivity index (χ3n) is 8.71. The summed E-state index contributed by atoms with van der Waals surface area (Å²) >= 11 is 0. The molecule has 0 unspecified atom stereocenters. The van der Waals surface area contributed by atoms with Gasteiger partial charge in [-0.05, 0) is 66.6 Å². The van der Waals surface area contributed by atoms with Gasteiger partial charge in [0.15, 0.2) is 0 Å². The Balaban J connectivity index is 1.23. The van der Waals surface area contributed by atoms with Gasteiger partial charge < -0.3 is 19.5 Å². The molecule has 7 nitrogen and oxygen atoms in total. The number of benzene rings is 1. The van der Waals surface area contributed by atoms with Crippen LogP contribution >= 0.6 is 0 Å². The van der Waals surface area contributed by atoms with Crippen molar-refractivity contribution in [2.45, 2.75) is 45.4 Å². The van der Waals surface area contributed by atoms with E-state index in [2.05, 4.69) is 138 Å². The molecular formula is C39H41N6O+. The number of unbranched alkanes of at least 4 members (excludes halogenated alkanes) is 5. The van der Waals surface area contributed by atoms with E-state index < -0.39 is 0 Å². The van der Waals surface area contributed by atoms with Gasteiger partial charge in [-0.2, -0.15) is 0 Å². The minimum atomic E-state index is 0.752. The summed E-state index contributed by atoms with van der Waals surface area (Å²) in [7, 11) is 4.13. The third kappa shape index (κ3) is 6.18. The van der Waals surface area contributed by atoms with Crippen LogP contribution in [0.1, 0.15) is 62.4 Å². The molecule has 8 bridgehead atoms. The summed E-state index contributed by atoms with van der Waals surface area (Å²) in [4.78, 5) is 21.7. The van der Waals surface area contributed by atoms with Crippen LogP contribution in [-0.4, -0.2) is 52.6 Å². The summed E-state index contributed by atoms with van der Waals surface area (Å²) in [5.41, 5.74) is 10.7. The molecule has 7 heteroatoms. The minimum absolute atomic E-state index is 0.752. The maximum Gasteiger partial charge on any atom is 0.217 e. The molecule has 0 aliphatic carbocycles. The molecule has 2 N–H and O–H groups in total. The van der Waals surface area contributed by atoms with Gasteiger partial charge in [0, 0.05) is 61.7 Å². The van der Waals surface area contributed by atoms with Gasteiger partial charge in [-0.25, -0.2) is 15.0 Å². The molecule has 5 aliphatic rings. The van der Waals surface area contributed by atoms with E-state index in [4.69, 9.17) is 14.7 Å². The zero-order valence-corrected chi connectivity index (χ0v) is 26.9. The van der Waals surface area contributed by atoms with Crippen LogP contribution in [0.15, 0.2) is 130 Å². The van der Waals surface area contributed by atoms with Crippen LogP contribution in [0, 0.1) is 0 Å². The van der Waals surface area contributed by atoms with Crippen LogP contribution in [0.25, 0.3) is 11.6 Å². The van der Waals surface area contributed by atoms with Crippen molar-refractivity contribution in [1.29, 1.82) is 0 Å². The van der Waals surface area contributed by atoms with Crippen molar-refractivity contribution in [2.75, 3.05) is 20.7 Å². The predicted molar refractivity (Wildman–Crippen MR) is 188 cm³/mol. The Morgan fingerprint density at radius 3 is 2.39 bits per heavy atom. The fraction of sp³-hybridized carbons (Fsp3) is 0.256. The van der Waals surface area contributed by atoms with Crippen molar-refractivity contribution < 1.29 is 9.73 Å². The number of aromatic nitrogens is 1. The predicted octanol–water partition coefficient (Wildman–Crippen LogP) is 6.42. The van der Waals surface area contributed by atoms with E-state index >= 15 is 0 Å². The maximum atomic E-state index is 6.09. The number of hydrogen-bond donors (Lipinski definition) is 2. The lowest BCUT2D eigenvalue weighted by molar-refractivity contribution is -0.385. The van der Waals surface area contributed by atoms with Gasteiger partial charge in [0.2, 0.25) is 11.4 Å². The van der Waals surface area contributed by atoms with Gasteiger partial charge >= 0.3 is 0 Å². The normalized spacial score (nSPS) is 18.1. The molecular weight excluding hydrogens is 568 g/mol. The number of aromatic amines is 1. The topological polar surface area (TPSA) is 70.2 Å². The Bertz CT molecular complexity index is 1850. The third-order valence-corrected chi connectivity index (χ3v) is 8.71. The van der Waals surface area contributed by atoms with Crippen molar-refractivity contribution >= 4 is 28.8 Å². The Labute approximate surface area is 271 Å². The van der Waals surface area contributed by atoms with Gasteiger partial charge in [-0.15, -0.1) is 0 Å². The minimum Gasteiger partial charge on any atom is -0.494 e. The van der Waals surface area contributed by atoms with Crippen LogP contribution in [0.2, 0.25) is 0 Å². The lowest BCUT2D eigenvalue weighted by Crippen LogP contribution is -2.68. The van der Waals surface area contributed by atoms with E-state index in [0.717, 1.165) is 86.9 Å². The number of allylic oxidation sites excluding steroid dienone is 8. The van der Waals surface area contributed by atoms with Gasteiger partial charge in [-0.3, -0.25) is 0 Å². The molecule has 2 aromatic rings. The van der Waals surface area contributed by atoms with Gasteiger partial charge in [0.1, 0.15) is 17.1 Å². The largest absolute Gasteiger partial charge is 0.494 e. The molecule has 0 atom stereocenters. The SMILES string of the molecule is CCCCCCCCOc1ccc(C2=C3C=CC(=N3)C=C3C=CC(=[NH+]3)C(=C3N(C)C=CN3C)C3=NC(=Cc4ccc2[nH]4)C=C3)cc1. The van der Waals surface area contributed by atoms with E-state index in [0.29, 0.717) is 0 Å². The molecule has 7 rings (SSSR count). The zero-order chi connectivity index (χ0) is 31.5. The number of nitrogens with zero attached hydrogens (tertiary/aromatic N) is 4. The van der Waals surface area contributed by atoms with Crippen LogP contribution in [0.4, 0.5) is 0 Å². The molecule has 46 heavy (non-hydrogen) atoms. The monoisotopic (exact) mass is 609 g/mol. The number of hydrogen-bond acceptors (Lipinski definition) is 5. The van der Waals surface area contributed by atoms with E-state index in [-0.39, 0.29) is 0 Å². The number of nitrogens with one attached hydrogen (secondary N) is 2. The Kier molecular flexibility index (Phi) is 8.38. The molecule has 0 radical (unpaired) electrons. The standard InChI is InChI=1S/C39H40N6O/c1-4-5-6-7-8-9-24-46-32-16-10-27(11-17-32)37-33-18-12-28(40-33)25-30-14-20-35(42-30)38(39-44(2)22-23-45(39)3)36-21-15-31(43-36)26-29-13-19-34(37)41-29/h10-23,25-26,40H,4-9,24H2,1-3H3/p+1. The lowest BCUT2D eigenvalue weighted by atomic mass is 10.0. The summed E-state index contributed by atoms with van der Waals surface area (Å²) in [6.45, 7) is 3.00. The smallest absolute Gasteiger partial charge is 0.217 e. The maximum absolute atomic E-state index is 6.09. The summed E-state index contributed by atoms with van der Waals surface area (Å²) in [6, 6.07) is 12.6. The van der Waals surface area contributed by atoms with Crippen molar-refractivity contribution in [1.82, 2.24) is 14.8 Å². The quantitative estimate of drug-likeness (QED) is 0.322. The second kappa shape index (κ2) is 13.1. The molecule has 0 spiro atoms. The summed E-state index contributed by atoms with van der Waals surface area (Å²) in [5.74, 6) is 1.96. The second-order valence-electron chi connectivity index (χ2n) is 12.2. The second-order valence-corrected chi connectivity index (χ2v) is 12.2. The average Bonchev–Trinajstić information content (AvgIpc) is 3.91. The first kappa shape index (κ1) is 29.5. The zero-order valence-electron chi connectivity index (χ0n) is 26.9. The highest BCUT2D eigenvalue weighted by Gasteiger charge is 2.31. The van der Waals surface area contributed by atoms with Crippen molar-refractivity contribution in [3.8, 4) is 5.75 Å². The number of fused-ring (bicyclic) bond motifs is 5. The fourth-order valence-electron chi connectivity index (χ4n) is 6.35. The number of H-pyrrole nitrogens is 1. The molecule has 0 amide bonds. The first-order chi connectivity index (χ1) is 22.6. The van der Waals surface area contributed by atoms with Crippen molar-refractivity contribution in [2.24, 2.45) is 9.98 Å². The number of aliphatic imine (C=N–C) groups is 2. The van der Waals surface area contributed by atoms with Crippen LogP contribution in [0.5, 0.6) is 5.75 Å². The Morgan fingerprint density at radius 2 is 1.57 bits per heavy atom. The molecule has 5 aliphatic heterocycles. The molecule has 1 aromatic carbocycles. The molecule has 0 fully saturated rings. The van der Waals surface area contributed by atoms with Crippen LogP contribution < -0.4 is 9.73 Å². The first-order valence-corrected chi connectivity index (χ1v) is 16.4. The van der Waals surface area contributed by atoms with E-state index in [1.165, 1.54) is 32.1 Å². The number of ether oxygens (including phenoxy) is 1. The molecule has 0 saturated heterocycles.